The van der Waals surface area contributed by atoms with E-state index in [2.05, 4.69) is 23.2 Å². The van der Waals surface area contributed by atoms with Gasteiger partial charge in [0.05, 0.1) is 25.6 Å². The fraction of sp³-hybridized carbons (Fsp3) is 0.316. The molecule has 126 valence electrons. The monoisotopic (exact) mass is 326 g/mol. The Hall–Kier alpha value is -2.69. The molecule has 24 heavy (non-hydrogen) atoms. The Morgan fingerprint density at radius 1 is 1.17 bits per heavy atom. The highest BCUT2D eigenvalue weighted by atomic mass is 16.5. The fourth-order valence-corrected chi connectivity index (χ4v) is 3.25. The van der Waals surface area contributed by atoms with E-state index in [0.717, 1.165) is 41.3 Å². The first-order valence-corrected chi connectivity index (χ1v) is 7.99. The molecule has 1 amide bonds. The summed E-state index contributed by atoms with van der Waals surface area (Å²) in [6.45, 7) is 5.24. The van der Waals surface area contributed by atoms with Gasteiger partial charge in [0.1, 0.15) is 0 Å². The second-order valence-electron chi connectivity index (χ2n) is 5.76. The van der Waals surface area contributed by atoms with Gasteiger partial charge in [-0.25, -0.2) is 0 Å². The highest BCUT2D eigenvalue weighted by molar-refractivity contribution is 5.99. The number of benzene rings is 2. The first-order chi connectivity index (χ1) is 11.6. The van der Waals surface area contributed by atoms with Crippen LogP contribution in [0.25, 0.3) is 11.1 Å². The minimum absolute atomic E-state index is 0.0717. The molecule has 0 atom stereocenters. The van der Waals surface area contributed by atoms with Gasteiger partial charge in [-0.3, -0.25) is 4.79 Å². The van der Waals surface area contributed by atoms with E-state index in [-0.39, 0.29) is 5.91 Å². The molecule has 2 aromatic carbocycles. The van der Waals surface area contributed by atoms with Crippen molar-refractivity contribution in [1.29, 1.82) is 0 Å². The maximum Gasteiger partial charge on any atom is 0.221 e. The predicted molar refractivity (Wildman–Crippen MR) is 96.0 cm³/mol. The van der Waals surface area contributed by atoms with Gasteiger partial charge in [0.15, 0.2) is 11.5 Å². The molecule has 0 radical (unpaired) electrons. The Labute approximate surface area is 142 Å². The predicted octanol–water partition coefficient (Wildman–Crippen LogP) is 3.67. The third kappa shape index (κ3) is 2.66. The summed E-state index contributed by atoms with van der Waals surface area (Å²) in [6, 6.07) is 10.0. The molecule has 0 aromatic heterocycles. The Morgan fingerprint density at radius 3 is 2.50 bits per heavy atom. The number of anilines is 2. The SMILES string of the molecule is CCN1Cc2cc(OC)c(OC)cc2-c2cccc(NC(C)=O)c21. The topological polar surface area (TPSA) is 50.8 Å². The summed E-state index contributed by atoms with van der Waals surface area (Å²) < 4.78 is 10.9. The molecular weight excluding hydrogens is 304 g/mol. The number of carbonyl (C=O) groups excluding carboxylic acids is 1. The molecule has 0 saturated carbocycles. The van der Waals surface area contributed by atoms with Crippen LogP contribution in [0.2, 0.25) is 0 Å². The largest absolute Gasteiger partial charge is 0.493 e. The van der Waals surface area contributed by atoms with E-state index >= 15 is 0 Å². The number of nitrogens with one attached hydrogen (secondary N) is 1. The lowest BCUT2D eigenvalue weighted by Gasteiger charge is -2.34. The van der Waals surface area contributed by atoms with E-state index < -0.39 is 0 Å². The molecule has 3 rings (SSSR count). The van der Waals surface area contributed by atoms with E-state index in [4.69, 9.17) is 9.47 Å². The molecule has 0 aliphatic carbocycles. The van der Waals surface area contributed by atoms with E-state index in [1.807, 2.05) is 24.3 Å². The van der Waals surface area contributed by atoms with Crippen LogP contribution in [-0.2, 0) is 11.3 Å². The molecular formula is C19H22N2O3. The fourth-order valence-electron chi connectivity index (χ4n) is 3.25. The van der Waals surface area contributed by atoms with Crippen LogP contribution in [0.3, 0.4) is 0 Å². The summed E-state index contributed by atoms with van der Waals surface area (Å²) in [7, 11) is 3.29. The number of rotatable bonds is 4. The summed E-state index contributed by atoms with van der Waals surface area (Å²) in [5.41, 5.74) is 5.27. The molecule has 0 unspecified atom stereocenters. The number of nitrogens with zero attached hydrogens (tertiary/aromatic N) is 1. The van der Waals surface area contributed by atoms with Crippen LogP contribution in [0.5, 0.6) is 11.5 Å². The molecule has 2 aromatic rings. The van der Waals surface area contributed by atoms with Crippen molar-refractivity contribution in [1.82, 2.24) is 0 Å². The van der Waals surface area contributed by atoms with Crippen LogP contribution in [-0.4, -0.2) is 26.7 Å². The molecule has 1 aliphatic rings. The van der Waals surface area contributed by atoms with Crippen molar-refractivity contribution in [2.75, 3.05) is 31.0 Å². The summed E-state index contributed by atoms with van der Waals surface area (Å²) in [5, 5.41) is 2.94. The van der Waals surface area contributed by atoms with Crippen LogP contribution in [0, 0.1) is 0 Å². The lowest BCUT2D eigenvalue weighted by atomic mass is 9.92. The highest BCUT2D eigenvalue weighted by Crippen LogP contribution is 2.46. The average molecular weight is 326 g/mol. The summed E-state index contributed by atoms with van der Waals surface area (Å²) in [6.07, 6.45) is 0. The normalized spacial score (nSPS) is 12.2. The van der Waals surface area contributed by atoms with Gasteiger partial charge in [-0.05, 0) is 36.2 Å². The van der Waals surface area contributed by atoms with Crippen LogP contribution in [0.1, 0.15) is 19.4 Å². The Bertz CT molecular complexity index is 786. The molecule has 5 heteroatoms. The minimum atomic E-state index is -0.0717. The molecule has 0 saturated heterocycles. The maximum absolute atomic E-state index is 11.6. The maximum atomic E-state index is 11.6. The van der Waals surface area contributed by atoms with Gasteiger partial charge < -0.3 is 19.7 Å². The number of methoxy groups -OCH3 is 2. The molecule has 0 fully saturated rings. The van der Waals surface area contributed by atoms with Crippen molar-refractivity contribution in [3.63, 3.8) is 0 Å². The lowest BCUT2D eigenvalue weighted by molar-refractivity contribution is -0.114. The standard InChI is InChI=1S/C19H22N2O3/c1-5-21-11-13-9-17(23-3)18(24-4)10-15(13)14-7-6-8-16(19(14)21)20-12(2)22/h6-10H,5,11H2,1-4H3,(H,20,22). The number of hydrogen-bond donors (Lipinski definition) is 1. The van der Waals surface area contributed by atoms with E-state index in [1.54, 1.807) is 14.2 Å². The zero-order valence-corrected chi connectivity index (χ0v) is 14.5. The van der Waals surface area contributed by atoms with E-state index in [0.29, 0.717) is 5.75 Å². The molecule has 1 N–H and O–H groups in total. The van der Waals surface area contributed by atoms with Crippen LogP contribution in [0.15, 0.2) is 30.3 Å². The number of ether oxygens (including phenoxy) is 2. The zero-order valence-electron chi connectivity index (χ0n) is 14.5. The van der Waals surface area contributed by atoms with Gasteiger partial charge in [-0.1, -0.05) is 12.1 Å². The van der Waals surface area contributed by atoms with Gasteiger partial charge >= 0.3 is 0 Å². The Balaban J connectivity index is 2.22. The van der Waals surface area contributed by atoms with Crippen molar-refractivity contribution in [2.45, 2.75) is 20.4 Å². The highest BCUT2D eigenvalue weighted by Gasteiger charge is 2.26. The van der Waals surface area contributed by atoms with Crippen LogP contribution < -0.4 is 19.7 Å². The van der Waals surface area contributed by atoms with Gasteiger partial charge in [-0.15, -0.1) is 0 Å². The quantitative estimate of drug-likeness (QED) is 0.931. The van der Waals surface area contributed by atoms with Crippen molar-refractivity contribution in [3.8, 4) is 22.6 Å². The van der Waals surface area contributed by atoms with E-state index in [9.17, 15) is 4.79 Å². The van der Waals surface area contributed by atoms with Crippen LogP contribution >= 0.6 is 0 Å². The van der Waals surface area contributed by atoms with Gasteiger partial charge in [0.25, 0.3) is 0 Å². The summed E-state index contributed by atoms with van der Waals surface area (Å²) in [4.78, 5) is 13.8. The van der Waals surface area contributed by atoms with Gasteiger partial charge in [0, 0.05) is 25.6 Å². The number of fused-ring (bicyclic) bond motifs is 3. The average Bonchev–Trinajstić information content (AvgIpc) is 2.59. The molecule has 5 nitrogen and oxygen atoms in total. The number of hydrogen-bond acceptors (Lipinski definition) is 4. The molecule has 0 spiro atoms. The summed E-state index contributed by atoms with van der Waals surface area (Å²) >= 11 is 0. The lowest BCUT2D eigenvalue weighted by Crippen LogP contribution is -2.27. The first-order valence-electron chi connectivity index (χ1n) is 7.99. The summed E-state index contributed by atoms with van der Waals surface area (Å²) in [5.74, 6) is 1.36. The number of amides is 1. The molecule has 1 heterocycles. The van der Waals surface area contributed by atoms with Gasteiger partial charge in [0.2, 0.25) is 5.91 Å². The first kappa shape index (κ1) is 16.2. The minimum Gasteiger partial charge on any atom is -0.493 e. The van der Waals surface area contributed by atoms with Crippen molar-refractivity contribution in [3.05, 3.63) is 35.9 Å². The number of carbonyl (C=O) groups is 1. The van der Waals surface area contributed by atoms with Crippen molar-refractivity contribution in [2.24, 2.45) is 0 Å². The smallest absolute Gasteiger partial charge is 0.221 e. The third-order valence-electron chi connectivity index (χ3n) is 4.31. The zero-order chi connectivity index (χ0) is 17.3. The van der Waals surface area contributed by atoms with E-state index in [1.165, 1.54) is 12.5 Å². The van der Waals surface area contributed by atoms with Crippen molar-refractivity contribution >= 4 is 17.3 Å². The number of para-hydroxylation sites is 1. The second-order valence-corrected chi connectivity index (χ2v) is 5.76. The van der Waals surface area contributed by atoms with Crippen molar-refractivity contribution < 1.29 is 14.3 Å². The second kappa shape index (κ2) is 6.43. The molecule has 1 aliphatic heterocycles. The van der Waals surface area contributed by atoms with Crippen LogP contribution in [0.4, 0.5) is 11.4 Å². The Morgan fingerprint density at radius 2 is 1.88 bits per heavy atom. The third-order valence-corrected chi connectivity index (χ3v) is 4.31. The molecule has 0 bridgehead atoms. The Kier molecular flexibility index (Phi) is 4.34. The van der Waals surface area contributed by atoms with Gasteiger partial charge in [-0.2, -0.15) is 0 Å².